The molecule has 1 aromatic carbocycles. The van der Waals surface area contributed by atoms with Crippen LogP contribution in [0.3, 0.4) is 0 Å². The molecule has 0 radical (unpaired) electrons. The van der Waals surface area contributed by atoms with Crippen molar-refractivity contribution < 1.29 is 13.7 Å². The van der Waals surface area contributed by atoms with Crippen molar-refractivity contribution in [2.24, 2.45) is 0 Å². The molecule has 1 aliphatic heterocycles. The van der Waals surface area contributed by atoms with Gasteiger partial charge in [0.15, 0.2) is 5.82 Å². The lowest BCUT2D eigenvalue weighted by Crippen LogP contribution is -2.45. The first-order chi connectivity index (χ1) is 13.0. The third kappa shape index (κ3) is 3.41. The molecule has 7 heteroatoms. The molecular weight excluding hydrogens is 344 g/mol. The van der Waals surface area contributed by atoms with Crippen molar-refractivity contribution in [1.29, 1.82) is 0 Å². The van der Waals surface area contributed by atoms with E-state index in [0.29, 0.717) is 18.3 Å². The van der Waals surface area contributed by atoms with Crippen LogP contribution in [0.4, 0.5) is 4.79 Å². The van der Waals surface area contributed by atoms with Crippen LogP contribution >= 0.6 is 0 Å². The van der Waals surface area contributed by atoms with E-state index in [1.54, 1.807) is 6.92 Å². The minimum Gasteiger partial charge on any atom is -0.459 e. The number of hydrogen-bond donors (Lipinski definition) is 1. The number of benzene rings is 1. The summed E-state index contributed by atoms with van der Waals surface area (Å²) in [6.07, 6.45) is 1.86. The highest BCUT2D eigenvalue weighted by atomic mass is 16.5. The van der Waals surface area contributed by atoms with Gasteiger partial charge in [0, 0.05) is 24.0 Å². The van der Waals surface area contributed by atoms with Gasteiger partial charge in [-0.05, 0) is 39.7 Å². The van der Waals surface area contributed by atoms with Gasteiger partial charge in [-0.1, -0.05) is 23.4 Å². The second kappa shape index (κ2) is 7.06. The van der Waals surface area contributed by atoms with E-state index in [-0.39, 0.29) is 18.0 Å². The number of piperidine rings is 1. The van der Waals surface area contributed by atoms with Crippen LogP contribution in [0, 0.1) is 13.8 Å². The molecule has 2 aromatic heterocycles. The molecule has 0 bridgehead atoms. The summed E-state index contributed by atoms with van der Waals surface area (Å²) in [5, 5.41) is 8.02. The summed E-state index contributed by atoms with van der Waals surface area (Å²) in [4.78, 5) is 18.9. The van der Waals surface area contributed by atoms with Crippen molar-refractivity contribution in [2.45, 2.75) is 45.6 Å². The number of likely N-dealkylation sites (tertiary alicyclic amines) is 1. The molecule has 1 N–H and O–H groups in total. The average Bonchev–Trinajstić information content (AvgIpc) is 3.26. The standard InChI is InChI=1S/C20H24N4O3/c1-12-16-8-4-5-9-17(16)26-18(12)13(2)21-20(25)24-10-6-7-15(11-24)19-22-14(3)23-27-19/h4-5,8-9,13,15H,6-7,10-11H2,1-3H3,(H,21,25). The second-order valence-electron chi connectivity index (χ2n) is 7.22. The van der Waals surface area contributed by atoms with E-state index in [2.05, 4.69) is 15.5 Å². The van der Waals surface area contributed by atoms with E-state index in [0.717, 1.165) is 41.7 Å². The number of carbonyl (C=O) groups is 1. The first-order valence-corrected chi connectivity index (χ1v) is 9.36. The third-order valence-electron chi connectivity index (χ3n) is 5.21. The Morgan fingerprint density at radius 3 is 2.89 bits per heavy atom. The lowest BCUT2D eigenvalue weighted by molar-refractivity contribution is 0.168. The van der Waals surface area contributed by atoms with Crippen LogP contribution in [0.1, 0.15) is 54.8 Å². The highest BCUT2D eigenvalue weighted by Gasteiger charge is 2.29. The highest BCUT2D eigenvalue weighted by Crippen LogP contribution is 2.30. The summed E-state index contributed by atoms with van der Waals surface area (Å²) >= 11 is 0. The van der Waals surface area contributed by atoms with Gasteiger partial charge in [-0.2, -0.15) is 4.98 Å². The van der Waals surface area contributed by atoms with Crippen molar-refractivity contribution in [2.75, 3.05) is 13.1 Å². The molecule has 1 saturated heterocycles. The van der Waals surface area contributed by atoms with Crippen molar-refractivity contribution in [3.8, 4) is 0 Å². The fourth-order valence-electron chi connectivity index (χ4n) is 3.79. The maximum Gasteiger partial charge on any atom is 0.318 e. The van der Waals surface area contributed by atoms with Gasteiger partial charge < -0.3 is 19.2 Å². The van der Waals surface area contributed by atoms with Crippen molar-refractivity contribution >= 4 is 17.0 Å². The molecule has 2 unspecified atom stereocenters. The Balaban J connectivity index is 1.45. The molecule has 27 heavy (non-hydrogen) atoms. The number of nitrogens with one attached hydrogen (secondary N) is 1. The zero-order valence-electron chi connectivity index (χ0n) is 15.9. The Bertz CT molecular complexity index is 961. The van der Waals surface area contributed by atoms with Gasteiger partial charge in [0.2, 0.25) is 5.89 Å². The van der Waals surface area contributed by atoms with Crippen LogP contribution in [0.25, 0.3) is 11.0 Å². The number of aryl methyl sites for hydroxylation is 2. The maximum atomic E-state index is 12.8. The third-order valence-corrected chi connectivity index (χ3v) is 5.21. The number of amides is 2. The summed E-state index contributed by atoms with van der Waals surface area (Å²) in [5.41, 5.74) is 1.91. The van der Waals surface area contributed by atoms with Gasteiger partial charge in [0.05, 0.1) is 12.0 Å². The maximum absolute atomic E-state index is 12.8. The minimum atomic E-state index is -0.212. The summed E-state index contributed by atoms with van der Waals surface area (Å²) in [6, 6.07) is 7.62. The Labute approximate surface area is 157 Å². The van der Waals surface area contributed by atoms with Crippen molar-refractivity contribution in [1.82, 2.24) is 20.4 Å². The van der Waals surface area contributed by atoms with Gasteiger partial charge in [-0.25, -0.2) is 4.79 Å². The van der Waals surface area contributed by atoms with Crippen LogP contribution < -0.4 is 5.32 Å². The van der Waals surface area contributed by atoms with Gasteiger partial charge >= 0.3 is 6.03 Å². The Kier molecular flexibility index (Phi) is 4.59. The number of hydrogen-bond acceptors (Lipinski definition) is 5. The number of urea groups is 1. The molecule has 2 atom stereocenters. The smallest absolute Gasteiger partial charge is 0.318 e. The average molecular weight is 368 g/mol. The van der Waals surface area contributed by atoms with Gasteiger partial charge in [-0.3, -0.25) is 0 Å². The highest BCUT2D eigenvalue weighted by molar-refractivity contribution is 5.82. The van der Waals surface area contributed by atoms with Crippen molar-refractivity contribution in [3.63, 3.8) is 0 Å². The Hall–Kier alpha value is -2.83. The first-order valence-electron chi connectivity index (χ1n) is 9.36. The van der Waals surface area contributed by atoms with Crippen LogP contribution in [0.15, 0.2) is 33.2 Å². The van der Waals surface area contributed by atoms with Gasteiger partial charge in [0.25, 0.3) is 0 Å². The fraction of sp³-hybridized carbons (Fsp3) is 0.450. The van der Waals surface area contributed by atoms with Gasteiger partial charge in [-0.15, -0.1) is 0 Å². The number of nitrogens with zero attached hydrogens (tertiary/aromatic N) is 3. The normalized spacial score (nSPS) is 18.6. The van der Waals surface area contributed by atoms with Crippen molar-refractivity contribution in [3.05, 3.63) is 47.3 Å². The summed E-state index contributed by atoms with van der Waals surface area (Å²) in [5.74, 6) is 2.13. The lowest BCUT2D eigenvalue weighted by Gasteiger charge is -2.31. The molecule has 0 spiro atoms. The quantitative estimate of drug-likeness (QED) is 0.753. The minimum absolute atomic E-state index is 0.0916. The molecule has 0 saturated carbocycles. The number of fused-ring (bicyclic) bond motifs is 1. The molecule has 3 heterocycles. The lowest BCUT2D eigenvalue weighted by atomic mass is 9.98. The molecule has 1 fully saturated rings. The van der Waals surface area contributed by atoms with E-state index in [1.165, 1.54) is 0 Å². The largest absolute Gasteiger partial charge is 0.459 e. The van der Waals surface area contributed by atoms with Gasteiger partial charge in [0.1, 0.15) is 11.3 Å². The predicted octanol–water partition coefficient (Wildman–Crippen LogP) is 4.08. The number of para-hydroxylation sites is 1. The number of aromatic nitrogens is 2. The van der Waals surface area contributed by atoms with Crippen LogP contribution in [-0.4, -0.2) is 34.2 Å². The number of rotatable bonds is 3. The second-order valence-corrected chi connectivity index (χ2v) is 7.22. The first kappa shape index (κ1) is 17.6. The zero-order valence-corrected chi connectivity index (χ0v) is 15.9. The molecule has 2 amide bonds. The summed E-state index contributed by atoms with van der Waals surface area (Å²) in [7, 11) is 0. The van der Waals surface area contributed by atoms with E-state index < -0.39 is 0 Å². The van der Waals surface area contributed by atoms with Crippen LogP contribution in [0.2, 0.25) is 0 Å². The Morgan fingerprint density at radius 1 is 1.33 bits per heavy atom. The number of carbonyl (C=O) groups excluding carboxylic acids is 1. The molecular formula is C20H24N4O3. The monoisotopic (exact) mass is 368 g/mol. The SMILES string of the molecule is Cc1noc(C2CCCN(C(=O)NC(C)c3oc4ccccc4c3C)C2)n1. The molecule has 0 aliphatic carbocycles. The molecule has 4 rings (SSSR count). The predicted molar refractivity (Wildman–Crippen MR) is 100 cm³/mol. The van der Waals surface area contributed by atoms with E-state index >= 15 is 0 Å². The van der Waals surface area contributed by atoms with E-state index in [4.69, 9.17) is 8.94 Å². The zero-order chi connectivity index (χ0) is 19.0. The molecule has 7 nitrogen and oxygen atoms in total. The summed E-state index contributed by atoms with van der Waals surface area (Å²) in [6.45, 7) is 7.09. The van der Waals surface area contributed by atoms with E-state index in [1.807, 2.05) is 43.0 Å². The molecule has 3 aromatic rings. The molecule has 142 valence electrons. The summed E-state index contributed by atoms with van der Waals surface area (Å²) < 4.78 is 11.3. The number of furan rings is 1. The van der Waals surface area contributed by atoms with E-state index in [9.17, 15) is 4.79 Å². The Morgan fingerprint density at radius 2 is 2.15 bits per heavy atom. The topological polar surface area (TPSA) is 84.4 Å². The van der Waals surface area contributed by atoms with Crippen LogP contribution in [0.5, 0.6) is 0 Å². The van der Waals surface area contributed by atoms with Crippen LogP contribution in [-0.2, 0) is 0 Å². The molecule has 1 aliphatic rings. The fourth-order valence-corrected chi connectivity index (χ4v) is 3.79.